The summed E-state index contributed by atoms with van der Waals surface area (Å²) in [6.07, 6.45) is 1.60. The van der Waals surface area contributed by atoms with Crippen molar-refractivity contribution in [3.8, 4) is 5.75 Å². The summed E-state index contributed by atoms with van der Waals surface area (Å²) in [4.78, 5) is 21.1. The number of benzene rings is 1. The second-order valence-corrected chi connectivity index (χ2v) is 5.31. The normalized spacial score (nSPS) is 10.3. The lowest BCUT2D eigenvalue weighted by molar-refractivity contribution is 0.102. The standard InChI is InChI=1S/C18H18N4O3/c1-12-10-15(17(23)21-14-7-3-4-8-16(14)24-2)22-18(20-12)19-11-13-6-5-9-25-13/h3-10H,11H2,1-2H3,(H,21,23)(H,19,20,22). The smallest absolute Gasteiger partial charge is 0.274 e. The van der Waals surface area contributed by atoms with Crippen molar-refractivity contribution in [2.24, 2.45) is 0 Å². The number of ether oxygens (including phenoxy) is 1. The number of aryl methyl sites for hydroxylation is 1. The summed E-state index contributed by atoms with van der Waals surface area (Å²) >= 11 is 0. The predicted molar refractivity (Wildman–Crippen MR) is 93.8 cm³/mol. The Bertz CT molecular complexity index is 863. The van der Waals surface area contributed by atoms with Gasteiger partial charge in [-0.2, -0.15) is 0 Å². The molecule has 0 aliphatic heterocycles. The summed E-state index contributed by atoms with van der Waals surface area (Å²) in [7, 11) is 1.55. The number of para-hydroxylation sites is 2. The molecule has 0 radical (unpaired) electrons. The molecule has 0 saturated carbocycles. The van der Waals surface area contributed by atoms with Crippen molar-refractivity contribution in [3.63, 3.8) is 0 Å². The van der Waals surface area contributed by atoms with Crippen LogP contribution >= 0.6 is 0 Å². The molecule has 0 saturated heterocycles. The number of nitrogens with one attached hydrogen (secondary N) is 2. The fourth-order valence-corrected chi connectivity index (χ4v) is 2.28. The lowest BCUT2D eigenvalue weighted by Crippen LogP contribution is -2.16. The van der Waals surface area contributed by atoms with E-state index in [9.17, 15) is 4.79 Å². The van der Waals surface area contributed by atoms with E-state index in [1.807, 2.05) is 18.2 Å². The van der Waals surface area contributed by atoms with E-state index < -0.39 is 0 Å². The first kappa shape index (κ1) is 16.5. The molecule has 0 atom stereocenters. The van der Waals surface area contributed by atoms with Crippen LogP contribution in [0.25, 0.3) is 0 Å². The van der Waals surface area contributed by atoms with Crippen LogP contribution < -0.4 is 15.4 Å². The Hall–Kier alpha value is -3.35. The highest BCUT2D eigenvalue weighted by Gasteiger charge is 2.13. The number of hydrogen-bond acceptors (Lipinski definition) is 6. The number of nitrogens with zero attached hydrogens (tertiary/aromatic N) is 2. The van der Waals surface area contributed by atoms with E-state index in [0.717, 1.165) is 5.76 Å². The van der Waals surface area contributed by atoms with Gasteiger partial charge in [-0.15, -0.1) is 0 Å². The molecular formula is C18H18N4O3. The van der Waals surface area contributed by atoms with Gasteiger partial charge < -0.3 is 19.8 Å². The molecule has 7 heteroatoms. The number of hydrogen-bond donors (Lipinski definition) is 2. The quantitative estimate of drug-likeness (QED) is 0.717. The van der Waals surface area contributed by atoms with Gasteiger partial charge in [-0.25, -0.2) is 9.97 Å². The lowest BCUT2D eigenvalue weighted by atomic mass is 10.2. The van der Waals surface area contributed by atoms with Gasteiger partial charge in [0, 0.05) is 5.69 Å². The molecule has 25 heavy (non-hydrogen) atoms. The number of amides is 1. The third-order valence-corrected chi connectivity index (χ3v) is 3.44. The zero-order valence-electron chi connectivity index (χ0n) is 13.9. The predicted octanol–water partition coefficient (Wildman–Crippen LogP) is 3.25. The third kappa shape index (κ3) is 4.14. The third-order valence-electron chi connectivity index (χ3n) is 3.44. The summed E-state index contributed by atoms with van der Waals surface area (Å²) in [5, 5.41) is 5.85. The number of anilines is 2. The van der Waals surface area contributed by atoms with E-state index in [0.29, 0.717) is 29.6 Å². The van der Waals surface area contributed by atoms with Gasteiger partial charge in [0.05, 0.1) is 25.6 Å². The first-order valence-electron chi connectivity index (χ1n) is 7.72. The molecule has 2 N–H and O–H groups in total. The van der Waals surface area contributed by atoms with Crippen LogP contribution in [-0.2, 0) is 6.54 Å². The minimum Gasteiger partial charge on any atom is -0.495 e. The van der Waals surface area contributed by atoms with Crippen molar-refractivity contribution in [1.29, 1.82) is 0 Å². The topological polar surface area (TPSA) is 89.3 Å². The Morgan fingerprint density at radius 2 is 2.04 bits per heavy atom. The Morgan fingerprint density at radius 3 is 2.80 bits per heavy atom. The van der Waals surface area contributed by atoms with Crippen molar-refractivity contribution >= 4 is 17.5 Å². The molecule has 128 valence electrons. The van der Waals surface area contributed by atoms with Crippen molar-refractivity contribution in [1.82, 2.24) is 9.97 Å². The summed E-state index contributed by atoms with van der Waals surface area (Å²) < 4.78 is 10.5. The molecule has 0 fully saturated rings. The Kier molecular flexibility index (Phi) is 4.94. The highest BCUT2D eigenvalue weighted by Crippen LogP contribution is 2.23. The molecule has 0 bridgehead atoms. The van der Waals surface area contributed by atoms with Gasteiger partial charge in [-0.3, -0.25) is 4.79 Å². The van der Waals surface area contributed by atoms with Crippen LogP contribution in [0.1, 0.15) is 21.9 Å². The van der Waals surface area contributed by atoms with Crippen molar-refractivity contribution in [3.05, 3.63) is 65.9 Å². The largest absolute Gasteiger partial charge is 0.495 e. The molecule has 0 aliphatic carbocycles. The molecule has 3 rings (SSSR count). The number of furan rings is 1. The van der Waals surface area contributed by atoms with E-state index >= 15 is 0 Å². The van der Waals surface area contributed by atoms with Crippen LogP contribution in [0.2, 0.25) is 0 Å². The highest BCUT2D eigenvalue weighted by atomic mass is 16.5. The molecule has 7 nitrogen and oxygen atoms in total. The number of aromatic nitrogens is 2. The minimum atomic E-state index is -0.337. The second-order valence-electron chi connectivity index (χ2n) is 5.31. The Morgan fingerprint density at radius 1 is 1.20 bits per heavy atom. The summed E-state index contributed by atoms with van der Waals surface area (Å²) in [5.41, 5.74) is 1.53. The molecule has 0 aliphatic rings. The van der Waals surface area contributed by atoms with Crippen LogP contribution in [0.3, 0.4) is 0 Å². The van der Waals surface area contributed by atoms with E-state index in [2.05, 4.69) is 20.6 Å². The number of carbonyl (C=O) groups excluding carboxylic acids is 1. The molecule has 0 spiro atoms. The minimum absolute atomic E-state index is 0.264. The van der Waals surface area contributed by atoms with Crippen LogP contribution in [0, 0.1) is 6.92 Å². The van der Waals surface area contributed by atoms with Gasteiger partial charge in [0.2, 0.25) is 5.95 Å². The van der Waals surface area contributed by atoms with Crippen molar-refractivity contribution in [2.45, 2.75) is 13.5 Å². The number of carbonyl (C=O) groups is 1. The van der Waals surface area contributed by atoms with Gasteiger partial charge in [0.25, 0.3) is 5.91 Å². The SMILES string of the molecule is COc1ccccc1NC(=O)c1cc(C)nc(NCc2ccco2)n1. The zero-order chi connectivity index (χ0) is 17.6. The highest BCUT2D eigenvalue weighted by molar-refractivity contribution is 6.03. The molecular weight excluding hydrogens is 320 g/mol. The summed E-state index contributed by atoms with van der Waals surface area (Å²) in [5.74, 6) is 1.36. The average molecular weight is 338 g/mol. The summed E-state index contributed by atoms with van der Waals surface area (Å²) in [6.45, 7) is 2.24. The molecule has 3 aromatic rings. The monoisotopic (exact) mass is 338 g/mol. The maximum atomic E-state index is 12.5. The molecule has 1 amide bonds. The Balaban J connectivity index is 1.75. The van der Waals surface area contributed by atoms with Gasteiger partial charge in [-0.05, 0) is 37.3 Å². The average Bonchev–Trinajstić information content (AvgIpc) is 3.13. The van der Waals surface area contributed by atoms with E-state index in [1.165, 1.54) is 0 Å². The lowest BCUT2D eigenvalue weighted by Gasteiger charge is -2.10. The van der Waals surface area contributed by atoms with Crippen LogP contribution in [-0.4, -0.2) is 23.0 Å². The van der Waals surface area contributed by atoms with Gasteiger partial charge in [0.15, 0.2) is 0 Å². The first-order valence-corrected chi connectivity index (χ1v) is 7.72. The van der Waals surface area contributed by atoms with E-state index in [4.69, 9.17) is 9.15 Å². The summed E-state index contributed by atoms with van der Waals surface area (Å²) in [6, 6.07) is 12.5. The maximum Gasteiger partial charge on any atom is 0.274 e. The first-order chi connectivity index (χ1) is 12.2. The number of rotatable bonds is 6. The van der Waals surface area contributed by atoms with Crippen LogP contribution in [0.5, 0.6) is 5.75 Å². The molecule has 1 aromatic carbocycles. The zero-order valence-corrected chi connectivity index (χ0v) is 13.9. The second kappa shape index (κ2) is 7.48. The molecule has 2 heterocycles. The molecule has 0 unspecified atom stereocenters. The fourth-order valence-electron chi connectivity index (χ4n) is 2.28. The van der Waals surface area contributed by atoms with Crippen molar-refractivity contribution in [2.75, 3.05) is 17.7 Å². The number of methoxy groups -OCH3 is 1. The molecule has 2 aromatic heterocycles. The fraction of sp³-hybridized carbons (Fsp3) is 0.167. The van der Waals surface area contributed by atoms with Gasteiger partial charge in [-0.1, -0.05) is 12.1 Å². The van der Waals surface area contributed by atoms with E-state index in [-0.39, 0.29) is 11.6 Å². The maximum absolute atomic E-state index is 12.5. The van der Waals surface area contributed by atoms with Gasteiger partial charge >= 0.3 is 0 Å². The van der Waals surface area contributed by atoms with Crippen LogP contribution in [0.4, 0.5) is 11.6 Å². The van der Waals surface area contributed by atoms with Crippen LogP contribution in [0.15, 0.2) is 53.1 Å². The Labute approximate surface area is 145 Å². The van der Waals surface area contributed by atoms with E-state index in [1.54, 1.807) is 44.6 Å². The van der Waals surface area contributed by atoms with Gasteiger partial charge in [0.1, 0.15) is 17.2 Å². The van der Waals surface area contributed by atoms with Crippen molar-refractivity contribution < 1.29 is 13.9 Å².